The molecule has 0 fully saturated rings. The molecule has 0 saturated carbocycles. The molecule has 0 saturated heterocycles. The van der Waals surface area contributed by atoms with Crippen molar-refractivity contribution < 1.29 is 14.3 Å². The third kappa shape index (κ3) is 2.74. The van der Waals surface area contributed by atoms with Crippen molar-refractivity contribution in [2.75, 3.05) is 0 Å². The molecule has 110 valence electrons. The number of carbonyl (C=O) groups is 1. The average Bonchev–Trinajstić information content (AvgIpc) is 2.91. The Morgan fingerprint density at radius 2 is 1.77 bits per heavy atom. The topological polar surface area (TPSA) is 55.1 Å². The van der Waals surface area contributed by atoms with Crippen molar-refractivity contribution in [2.45, 2.75) is 6.42 Å². The molecule has 0 radical (unpaired) electrons. The number of nitrogens with zero attached hydrogens (tertiary/aromatic N) is 2. The summed E-state index contributed by atoms with van der Waals surface area (Å²) in [5.74, 6) is -1.39. The maximum Gasteiger partial charge on any atom is 0.309 e. The van der Waals surface area contributed by atoms with Gasteiger partial charge in [-0.15, -0.1) is 0 Å². The van der Waals surface area contributed by atoms with E-state index in [1.165, 1.54) is 10.7 Å². The van der Waals surface area contributed by atoms with Gasteiger partial charge in [0.15, 0.2) is 0 Å². The van der Waals surface area contributed by atoms with Crippen molar-refractivity contribution in [2.24, 2.45) is 0 Å². The lowest BCUT2D eigenvalue weighted by molar-refractivity contribution is -0.136. The number of halogens is 1. The number of carboxylic acid groups (broad SMARTS) is 1. The Bertz CT molecular complexity index is 813. The zero-order valence-electron chi connectivity index (χ0n) is 11.6. The summed E-state index contributed by atoms with van der Waals surface area (Å²) in [6, 6.07) is 15.6. The molecule has 0 atom stereocenters. The molecule has 5 heteroatoms. The van der Waals surface area contributed by atoms with Gasteiger partial charge in [0.25, 0.3) is 0 Å². The van der Waals surface area contributed by atoms with Crippen molar-refractivity contribution >= 4 is 5.97 Å². The summed E-state index contributed by atoms with van der Waals surface area (Å²) in [5.41, 5.74) is 2.23. The van der Waals surface area contributed by atoms with Crippen LogP contribution in [-0.4, -0.2) is 20.9 Å². The van der Waals surface area contributed by atoms with E-state index in [0.29, 0.717) is 11.3 Å². The van der Waals surface area contributed by atoms with Crippen molar-refractivity contribution in [3.8, 4) is 16.8 Å². The summed E-state index contributed by atoms with van der Waals surface area (Å²) >= 11 is 0. The fourth-order valence-electron chi connectivity index (χ4n) is 2.30. The average molecular weight is 296 g/mol. The Morgan fingerprint density at radius 1 is 1.09 bits per heavy atom. The van der Waals surface area contributed by atoms with E-state index in [1.807, 2.05) is 30.3 Å². The highest BCUT2D eigenvalue weighted by Gasteiger charge is 2.16. The number of para-hydroxylation sites is 1. The molecule has 3 rings (SSSR count). The maximum atomic E-state index is 13.9. The van der Waals surface area contributed by atoms with Crippen LogP contribution in [-0.2, 0) is 11.2 Å². The van der Waals surface area contributed by atoms with Crippen molar-refractivity contribution in [1.29, 1.82) is 0 Å². The SMILES string of the molecule is O=C(O)Cc1nn(-c2ccccc2F)cc1-c1ccccc1. The normalized spacial score (nSPS) is 10.6. The standard InChI is InChI=1S/C17H13FN2O2/c18-14-8-4-5-9-16(14)20-11-13(12-6-2-1-3-7-12)15(19-20)10-17(21)22/h1-9,11H,10H2,(H,21,22). The third-order valence-electron chi connectivity index (χ3n) is 3.29. The van der Waals surface area contributed by atoms with Crippen LogP contribution in [0.25, 0.3) is 16.8 Å². The van der Waals surface area contributed by atoms with Crippen molar-refractivity contribution in [3.05, 3.63) is 72.3 Å². The summed E-state index contributed by atoms with van der Waals surface area (Å²) in [7, 11) is 0. The Balaban J connectivity index is 2.13. The van der Waals surface area contributed by atoms with Gasteiger partial charge in [0.05, 0.1) is 12.1 Å². The van der Waals surface area contributed by atoms with Crippen LogP contribution in [0.2, 0.25) is 0 Å². The van der Waals surface area contributed by atoms with Gasteiger partial charge in [-0.1, -0.05) is 42.5 Å². The third-order valence-corrected chi connectivity index (χ3v) is 3.29. The molecule has 22 heavy (non-hydrogen) atoms. The van der Waals surface area contributed by atoms with Crippen LogP contribution in [0.3, 0.4) is 0 Å². The van der Waals surface area contributed by atoms with Gasteiger partial charge in [-0.05, 0) is 17.7 Å². The van der Waals surface area contributed by atoms with Gasteiger partial charge in [-0.2, -0.15) is 5.10 Å². The fraction of sp³-hybridized carbons (Fsp3) is 0.0588. The molecule has 0 unspecified atom stereocenters. The predicted octanol–water partition coefficient (Wildman–Crippen LogP) is 3.31. The van der Waals surface area contributed by atoms with Crippen LogP contribution in [0.5, 0.6) is 0 Å². The van der Waals surface area contributed by atoms with E-state index >= 15 is 0 Å². The summed E-state index contributed by atoms with van der Waals surface area (Å²) in [6.07, 6.45) is 1.44. The van der Waals surface area contributed by atoms with E-state index in [-0.39, 0.29) is 12.1 Å². The first-order valence-electron chi connectivity index (χ1n) is 6.76. The van der Waals surface area contributed by atoms with E-state index in [9.17, 15) is 9.18 Å². The molecule has 1 heterocycles. The van der Waals surface area contributed by atoms with Crippen LogP contribution < -0.4 is 0 Å². The summed E-state index contributed by atoms with van der Waals surface area (Å²) < 4.78 is 15.3. The number of carboxylic acids is 1. The van der Waals surface area contributed by atoms with Crippen LogP contribution >= 0.6 is 0 Å². The summed E-state index contributed by atoms with van der Waals surface area (Å²) in [6.45, 7) is 0. The monoisotopic (exact) mass is 296 g/mol. The molecule has 0 aliphatic rings. The highest BCUT2D eigenvalue weighted by molar-refractivity contribution is 5.75. The van der Waals surface area contributed by atoms with Gasteiger partial charge in [0, 0.05) is 11.8 Å². The molecule has 2 aromatic carbocycles. The van der Waals surface area contributed by atoms with Crippen LogP contribution in [0.1, 0.15) is 5.69 Å². The number of benzene rings is 2. The first kappa shape index (κ1) is 14.0. The molecule has 3 aromatic rings. The number of hydrogen-bond donors (Lipinski definition) is 1. The largest absolute Gasteiger partial charge is 0.481 e. The lowest BCUT2D eigenvalue weighted by atomic mass is 10.1. The highest BCUT2D eigenvalue weighted by Crippen LogP contribution is 2.25. The fourth-order valence-corrected chi connectivity index (χ4v) is 2.30. The molecule has 0 amide bonds. The lowest BCUT2D eigenvalue weighted by Crippen LogP contribution is -2.04. The number of hydrogen-bond acceptors (Lipinski definition) is 2. The zero-order chi connectivity index (χ0) is 15.5. The second kappa shape index (κ2) is 5.81. The number of aromatic nitrogens is 2. The molecular formula is C17H13FN2O2. The smallest absolute Gasteiger partial charge is 0.309 e. The van der Waals surface area contributed by atoms with Crippen molar-refractivity contribution in [3.63, 3.8) is 0 Å². The Hall–Kier alpha value is -2.95. The molecule has 0 aliphatic heterocycles. The van der Waals surface area contributed by atoms with E-state index in [1.54, 1.807) is 24.4 Å². The minimum absolute atomic E-state index is 0.217. The summed E-state index contributed by atoms with van der Waals surface area (Å²) in [5, 5.41) is 13.3. The number of rotatable bonds is 4. The molecule has 0 spiro atoms. The first-order valence-corrected chi connectivity index (χ1v) is 6.76. The first-order chi connectivity index (χ1) is 10.6. The van der Waals surface area contributed by atoms with E-state index < -0.39 is 11.8 Å². The minimum Gasteiger partial charge on any atom is -0.481 e. The van der Waals surface area contributed by atoms with E-state index in [0.717, 1.165) is 5.56 Å². The zero-order valence-corrected chi connectivity index (χ0v) is 11.6. The quantitative estimate of drug-likeness (QED) is 0.803. The van der Waals surface area contributed by atoms with Crippen LogP contribution in [0.15, 0.2) is 60.8 Å². The molecule has 1 N–H and O–H groups in total. The molecule has 4 nitrogen and oxygen atoms in total. The van der Waals surface area contributed by atoms with Crippen molar-refractivity contribution in [1.82, 2.24) is 9.78 Å². The maximum absolute atomic E-state index is 13.9. The van der Waals surface area contributed by atoms with Gasteiger partial charge in [-0.3, -0.25) is 4.79 Å². The molecule has 0 aliphatic carbocycles. The van der Waals surface area contributed by atoms with Gasteiger partial charge >= 0.3 is 5.97 Å². The summed E-state index contributed by atoms with van der Waals surface area (Å²) in [4.78, 5) is 11.0. The Labute approximate surface area is 126 Å². The minimum atomic E-state index is -0.976. The number of aliphatic carboxylic acids is 1. The lowest BCUT2D eigenvalue weighted by Gasteiger charge is -2.01. The van der Waals surface area contributed by atoms with Crippen LogP contribution in [0.4, 0.5) is 4.39 Å². The molecule has 0 bridgehead atoms. The Kier molecular flexibility index (Phi) is 3.70. The second-order valence-corrected chi connectivity index (χ2v) is 4.82. The predicted molar refractivity (Wildman–Crippen MR) is 80.3 cm³/mol. The molecular weight excluding hydrogens is 283 g/mol. The Morgan fingerprint density at radius 3 is 2.45 bits per heavy atom. The van der Waals surface area contributed by atoms with E-state index in [4.69, 9.17) is 5.11 Å². The van der Waals surface area contributed by atoms with Gasteiger partial charge in [0.1, 0.15) is 11.5 Å². The van der Waals surface area contributed by atoms with Gasteiger partial charge in [0.2, 0.25) is 0 Å². The second-order valence-electron chi connectivity index (χ2n) is 4.82. The van der Waals surface area contributed by atoms with Gasteiger partial charge < -0.3 is 5.11 Å². The van der Waals surface area contributed by atoms with E-state index in [2.05, 4.69) is 5.10 Å². The highest BCUT2D eigenvalue weighted by atomic mass is 19.1. The van der Waals surface area contributed by atoms with Crippen LogP contribution in [0, 0.1) is 5.82 Å². The molecule has 1 aromatic heterocycles. The van der Waals surface area contributed by atoms with Gasteiger partial charge in [-0.25, -0.2) is 9.07 Å².